The fraction of sp³-hybridized carbons (Fsp3) is 0.625. The Hall–Kier alpha value is -1.16. The predicted molar refractivity (Wildman–Crippen MR) is 95.6 cm³/mol. The fourth-order valence-electron chi connectivity index (χ4n) is 3.34. The van der Waals surface area contributed by atoms with Crippen molar-refractivity contribution in [3.63, 3.8) is 0 Å². The molecule has 138 valence electrons. The van der Waals surface area contributed by atoms with Crippen LogP contribution in [0.5, 0.6) is 0 Å². The maximum Gasteiger partial charge on any atom is 0.322 e. The van der Waals surface area contributed by atoms with E-state index in [-0.39, 0.29) is 0 Å². The summed E-state index contributed by atoms with van der Waals surface area (Å²) in [5.41, 5.74) is 0. The average Bonchev–Trinajstić information content (AvgIpc) is 2.63. The van der Waals surface area contributed by atoms with Crippen LogP contribution in [-0.2, 0) is 15.0 Å². The summed E-state index contributed by atoms with van der Waals surface area (Å²) in [6.07, 6.45) is 5.10. The molecule has 0 saturated carbocycles. The van der Waals surface area contributed by atoms with Crippen LogP contribution in [0, 0.1) is 0 Å². The van der Waals surface area contributed by atoms with Crippen LogP contribution in [0.1, 0.15) is 32.1 Å². The van der Waals surface area contributed by atoms with Gasteiger partial charge in [-0.1, -0.05) is 6.07 Å². The molecule has 3 heterocycles. The zero-order valence-corrected chi connectivity index (χ0v) is 15.6. The second-order valence-corrected chi connectivity index (χ2v) is 9.55. The van der Waals surface area contributed by atoms with Gasteiger partial charge in [-0.3, -0.25) is 4.79 Å². The van der Waals surface area contributed by atoms with Crippen LogP contribution in [0.25, 0.3) is 0 Å². The summed E-state index contributed by atoms with van der Waals surface area (Å²) >= 11 is 1.68. The van der Waals surface area contributed by atoms with E-state index < -0.39 is 22.2 Å². The number of rotatable bonds is 5. The normalized spacial score (nSPS) is 24.2. The fourth-order valence-corrected chi connectivity index (χ4v) is 6.26. The van der Waals surface area contributed by atoms with Gasteiger partial charge in [-0.2, -0.15) is 17.0 Å². The van der Waals surface area contributed by atoms with E-state index in [9.17, 15) is 18.3 Å². The van der Waals surface area contributed by atoms with E-state index in [1.807, 2.05) is 18.2 Å². The van der Waals surface area contributed by atoms with E-state index in [2.05, 4.69) is 4.98 Å². The number of carbonyl (C=O) groups is 1. The Labute approximate surface area is 152 Å². The summed E-state index contributed by atoms with van der Waals surface area (Å²) < 4.78 is 28.4. The monoisotopic (exact) mass is 385 g/mol. The molecular formula is C16H23N3O4S2. The Kier molecular flexibility index (Phi) is 5.98. The Morgan fingerprint density at radius 2 is 1.92 bits per heavy atom. The highest BCUT2D eigenvalue weighted by atomic mass is 32.2. The van der Waals surface area contributed by atoms with Crippen molar-refractivity contribution >= 4 is 27.9 Å². The molecule has 0 spiro atoms. The van der Waals surface area contributed by atoms with Crippen LogP contribution in [-0.4, -0.2) is 64.0 Å². The van der Waals surface area contributed by atoms with E-state index in [1.54, 1.807) is 18.0 Å². The van der Waals surface area contributed by atoms with Gasteiger partial charge in [0.1, 0.15) is 6.04 Å². The van der Waals surface area contributed by atoms with Crippen molar-refractivity contribution in [2.45, 2.75) is 48.4 Å². The van der Waals surface area contributed by atoms with E-state index in [4.69, 9.17) is 0 Å². The molecule has 2 aliphatic rings. The van der Waals surface area contributed by atoms with Gasteiger partial charge in [-0.25, -0.2) is 4.98 Å². The zero-order valence-electron chi connectivity index (χ0n) is 14.0. The molecule has 9 heteroatoms. The first-order chi connectivity index (χ1) is 12.0. The third kappa shape index (κ3) is 4.33. The van der Waals surface area contributed by atoms with E-state index >= 15 is 0 Å². The molecule has 0 radical (unpaired) electrons. The minimum Gasteiger partial charge on any atom is -0.480 e. The van der Waals surface area contributed by atoms with Crippen LogP contribution in [0.2, 0.25) is 0 Å². The SMILES string of the molecule is O=C(O)C1CCCCN1S(=O)(=O)N1CCC(Sc2ccccn2)CC1. The van der Waals surface area contributed by atoms with Crippen molar-refractivity contribution < 1.29 is 18.3 Å². The van der Waals surface area contributed by atoms with Crippen molar-refractivity contribution in [2.75, 3.05) is 19.6 Å². The molecule has 1 atom stereocenters. The number of hydrogen-bond donors (Lipinski definition) is 1. The van der Waals surface area contributed by atoms with Crippen LogP contribution in [0.15, 0.2) is 29.4 Å². The van der Waals surface area contributed by atoms with Gasteiger partial charge in [-0.15, -0.1) is 11.8 Å². The van der Waals surface area contributed by atoms with Gasteiger partial charge in [0.2, 0.25) is 0 Å². The number of carboxylic acids is 1. The first-order valence-electron chi connectivity index (χ1n) is 8.56. The van der Waals surface area contributed by atoms with Gasteiger partial charge >= 0.3 is 5.97 Å². The molecule has 0 amide bonds. The number of carboxylic acid groups (broad SMARTS) is 1. The number of pyridine rings is 1. The van der Waals surface area contributed by atoms with Crippen LogP contribution in [0.4, 0.5) is 0 Å². The smallest absolute Gasteiger partial charge is 0.322 e. The van der Waals surface area contributed by atoms with Crippen molar-refractivity contribution in [1.29, 1.82) is 0 Å². The molecule has 0 aliphatic carbocycles. The molecule has 2 fully saturated rings. The third-order valence-corrected chi connectivity index (χ3v) is 8.02. The Morgan fingerprint density at radius 1 is 1.16 bits per heavy atom. The minimum absolute atomic E-state index is 0.294. The molecule has 1 N–H and O–H groups in total. The summed E-state index contributed by atoms with van der Waals surface area (Å²) in [7, 11) is -3.71. The summed E-state index contributed by atoms with van der Waals surface area (Å²) in [4.78, 5) is 15.7. The molecule has 0 aromatic carbocycles. The first-order valence-corrected chi connectivity index (χ1v) is 10.8. The van der Waals surface area contributed by atoms with Crippen LogP contribution in [0.3, 0.4) is 0 Å². The maximum atomic E-state index is 12.9. The second-order valence-electron chi connectivity index (χ2n) is 6.35. The molecule has 2 aliphatic heterocycles. The molecule has 1 aromatic rings. The van der Waals surface area contributed by atoms with Crippen molar-refractivity contribution in [2.24, 2.45) is 0 Å². The van der Waals surface area contributed by atoms with Crippen molar-refractivity contribution in [3.8, 4) is 0 Å². The summed E-state index contributed by atoms with van der Waals surface area (Å²) in [5.74, 6) is -1.05. The van der Waals surface area contributed by atoms with E-state index in [1.165, 1.54) is 8.61 Å². The van der Waals surface area contributed by atoms with Gasteiger partial charge in [-0.05, 0) is 44.2 Å². The van der Waals surface area contributed by atoms with Gasteiger partial charge in [0.15, 0.2) is 0 Å². The highest BCUT2D eigenvalue weighted by Crippen LogP contribution is 2.31. The largest absolute Gasteiger partial charge is 0.480 e. The average molecular weight is 386 g/mol. The number of thioether (sulfide) groups is 1. The molecule has 7 nitrogen and oxygen atoms in total. The number of nitrogens with zero attached hydrogens (tertiary/aromatic N) is 3. The molecule has 0 bridgehead atoms. The van der Waals surface area contributed by atoms with Crippen molar-refractivity contribution in [3.05, 3.63) is 24.4 Å². The Bertz CT molecular complexity index is 691. The van der Waals surface area contributed by atoms with Gasteiger partial charge in [0.05, 0.1) is 5.03 Å². The highest BCUT2D eigenvalue weighted by molar-refractivity contribution is 7.99. The van der Waals surface area contributed by atoms with Crippen LogP contribution < -0.4 is 0 Å². The lowest BCUT2D eigenvalue weighted by atomic mass is 10.1. The predicted octanol–water partition coefficient (Wildman–Crippen LogP) is 1.82. The van der Waals surface area contributed by atoms with Gasteiger partial charge in [0.25, 0.3) is 10.2 Å². The topological polar surface area (TPSA) is 90.8 Å². The van der Waals surface area contributed by atoms with Crippen LogP contribution >= 0.6 is 11.8 Å². The standard InChI is InChI=1S/C16H23N3O4S2/c20-16(21)14-5-2-4-10-19(14)25(22,23)18-11-7-13(8-12-18)24-15-6-1-3-9-17-15/h1,3,6,9,13-14H,2,4-5,7-8,10-12H2,(H,20,21). The van der Waals surface area contributed by atoms with Crippen molar-refractivity contribution in [1.82, 2.24) is 13.6 Å². The summed E-state index contributed by atoms with van der Waals surface area (Å²) in [6.45, 7) is 1.15. The Morgan fingerprint density at radius 3 is 2.56 bits per heavy atom. The molecule has 2 saturated heterocycles. The Balaban J connectivity index is 1.62. The lowest BCUT2D eigenvalue weighted by Crippen LogP contribution is -2.54. The lowest BCUT2D eigenvalue weighted by Gasteiger charge is -2.38. The molecule has 3 rings (SSSR count). The summed E-state index contributed by atoms with van der Waals surface area (Å²) in [5, 5.41) is 10.6. The minimum atomic E-state index is -3.71. The zero-order chi connectivity index (χ0) is 17.9. The molecule has 1 aromatic heterocycles. The molecule has 25 heavy (non-hydrogen) atoms. The number of hydrogen-bond acceptors (Lipinski definition) is 5. The number of aliphatic carboxylic acids is 1. The highest BCUT2D eigenvalue weighted by Gasteiger charge is 2.41. The second kappa shape index (κ2) is 8.03. The maximum absolute atomic E-state index is 12.9. The lowest BCUT2D eigenvalue weighted by molar-refractivity contribution is -0.142. The summed E-state index contributed by atoms with van der Waals surface area (Å²) in [6, 6.07) is 4.84. The number of aromatic nitrogens is 1. The van der Waals surface area contributed by atoms with E-state index in [0.717, 1.165) is 30.7 Å². The van der Waals surface area contributed by atoms with Gasteiger partial charge in [0, 0.05) is 31.1 Å². The van der Waals surface area contributed by atoms with E-state index in [0.29, 0.717) is 31.3 Å². The molecular weight excluding hydrogens is 362 g/mol. The quantitative estimate of drug-likeness (QED) is 0.831. The number of piperidine rings is 2. The third-order valence-electron chi connectivity index (χ3n) is 4.69. The van der Waals surface area contributed by atoms with Gasteiger partial charge < -0.3 is 5.11 Å². The molecule has 1 unspecified atom stereocenters. The first kappa shape index (κ1) is 18.6.